The number of nitrogens with two attached hydrogens (primary N) is 1. The number of amides is 2. The molecular formula is C22H23F6N3O2. The molecule has 0 aromatic heterocycles. The highest BCUT2D eigenvalue weighted by atomic mass is 19.4. The zero-order chi connectivity index (χ0) is 24.4. The fourth-order valence-electron chi connectivity index (χ4n) is 3.93. The molecule has 4 N–H and O–H groups in total. The van der Waals surface area contributed by atoms with Gasteiger partial charge >= 0.3 is 18.4 Å². The molecule has 0 aliphatic carbocycles. The summed E-state index contributed by atoms with van der Waals surface area (Å²) in [6.45, 7) is 1.69. The first-order chi connectivity index (χ1) is 15.3. The Balaban J connectivity index is 1.87. The van der Waals surface area contributed by atoms with E-state index in [2.05, 4.69) is 10.6 Å². The van der Waals surface area contributed by atoms with Gasteiger partial charge in [-0.3, -0.25) is 0 Å². The second-order valence-electron chi connectivity index (χ2n) is 8.03. The second kappa shape index (κ2) is 9.22. The molecule has 2 amide bonds. The van der Waals surface area contributed by atoms with Crippen LogP contribution in [-0.2, 0) is 22.6 Å². The van der Waals surface area contributed by atoms with Crippen LogP contribution in [-0.4, -0.2) is 25.2 Å². The van der Waals surface area contributed by atoms with Gasteiger partial charge in [-0.1, -0.05) is 30.3 Å². The van der Waals surface area contributed by atoms with Crippen molar-refractivity contribution in [2.75, 3.05) is 13.2 Å². The zero-order valence-corrected chi connectivity index (χ0v) is 17.6. The first-order valence-corrected chi connectivity index (χ1v) is 10.1. The van der Waals surface area contributed by atoms with E-state index in [1.165, 1.54) is 6.92 Å². The number of nitrogens with one attached hydrogen (secondary N) is 2. The molecule has 1 heterocycles. The monoisotopic (exact) mass is 475 g/mol. The number of halogens is 6. The van der Waals surface area contributed by atoms with Gasteiger partial charge in [0.15, 0.2) is 0 Å². The van der Waals surface area contributed by atoms with E-state index in [0.29, 0.717) is 25.1 Å². The Morgan fingerprint density at radius 2 is 1.70 bits per heavy atom. The van der Waals surface area contributed by atoms with Crippen molar-refractivity contribution in [3.63, 3.8) is 0 Å². The molecule has 3 atom stereocenters. The van der Waals surface area contributed by atoms with Crippen molar-refractivity contribution < 1.29 is 35.9 Å². The zero-order valence-electron chi connectivity index (χ0n) is 17.6. The molecule has 1 fully saturated rings. The summed E-state index contributed by atoms with van der Waals surface area (Å²) >= 11 is 0. The van der Waals surface area contributed by atoms with Gasteiger partial charge in [-0.25, -0.2) is 4.79 Å². The minimum Gasteiger partial charge on any atom is -0.372 e. The van der Waals surface area contributed by atoms with Gasteiger partial charge in [0.05, 0.1) is 29.4 Å². The topological polar surface area (TPSA) is 76.4 Å². The molecule has 0 saturated carbocycles. The average Bonchev–Trinajstić information content (AvgIpc) is 3.14. The van der Waals surface area contributed by atoms with Gasteiger partial charge in [-0.2, -0.15) is 26.3 Å². The van der Waals surface area contributed by atoms with E-state index >= 15 is 0 Å². The molecule has 0 radical (unpaired) electrons. The predicted octanol–water partition coefficient (Wildman–Crippen LogP) is 4.73. The third-order valence-corrected chi connectivity index (χ3v) is 5.61. The Morgan fingerprint density at radius 3 is 2.21 bits per heavy atom. The Bertz CT molecular complexity index is 948. The molecule has 1 aliphatic rings. The van der Waals surface area contributed by atoms with Crippen LogP contribution in [0.5, 0.6) is 0 Å². The number of rotatable bonds is 6. The summed E-state index contributed by atoms with van der Waals surface area (Å²) in [4.78, 5) is 11.2. The highest BCUT2D eigenvalue weighted by Gasteiger charge is 2.42. The Kier molecular flexibility index (Phi) is 6.94. The van der Waals surface area contributed by atoms with Gasteiger partial charge in [0.1, 0.15) is 0 Å². The van der Waals surface area contributed by atoms with Crippen LogP contribution in [0.2, 0.25) is 0 Å². The summed E-state index contributed by atoms with van der Waals surface area (Å²) in [7, 11) is 0. The van der Waals surface area contributed by atoms with Gasteiger partial charge < -0.3 is 21.1 Å². The minimum atomic E-state index is -4.94. The Hall–Kier alpha value is -2.79. The van der Waals surface area contributed by atoms with E-state index < -0.39 is 41.2 Å². The fourth-order valence-corrected chi connectivity index (χ4v) is 3.93. The summed E-state index contributed by atoms with van der Waals surface area (Å²) < 4.78 is 85.0. The van der Waals surface area contributed by atoms with Crippen LogP contribution in [0, 0.1) is 0 Å². The number of alkyl halides is 6. The van der Waals surface area contributed by atoms with Gasteiger partial charge in [-0.05, 0) is 42.7 Å². The maximum atomic E-state index is 13.2. The quantitative estimate of drug-likeness (QED) is 0.529. The van der Waals surface area contributed by atoms with Crippen LogP contribution in [0.1, 0.15) is 41.7 Å². The van der Waals surface area contributed by atoms with Crippen molar-refractivity contribution in [2.24, 2.45) is 5.73 Å². The van der Waals surface area contributed by atoms with Crippen LogP contribution in [0.4, 0.5) is 31.1 Å². The molecule has 5 nitrogen and oxygen atoms in total. The number of ether oxygens (including phenoxy) is 1. The lowest BCUT2D eigenvalue weighted by Gasteiger charge is -2.32. The van der Waals surface area contributed by atoms with E-state index in [-0.39, 0.29) is 24.3 Å². The molecule has 0 unspecified atom stereocenters. The van der Waals surface area contributed by atoms with Gasteiger partial charge in [0.2, 0.25) is 0 Å². The number of hydrogen-bond donors (Lipinski definition) is 3. The maximum absolute atomic E-state index is 13.2. The summed E-state index contributed by atoms with van der Waals surface area (Å²) in [6, 6.07) is 9.40. The van der Waals surface area contributed by atoms with Crippen LogP contribution in [0.25, 0.3) is 0 Å². The highest BCUT2D eigenvalue weighted by Crippen LogP contribution is 2.39. The lowest BCUT2D eigenvalue weighted by molar-refractivity contribution is -0.143. The Labute approximate surface area is 186 Å². The van der Waals surface area contributed by atoms with Crippen molar-refractivity contribution in [3.8, 4) is 0 Å². The number of carbonyl (C=O) groups excluding carboxylic acids is 1. The molecular weight excluding hydrogens is 452 g/mol. The molecule has 1 saturated heterocycles. The highest BCUT2D eigenvalue weighted by molar-refractivity contribution is 5.72. The third-order valence-electron chi connectivity index (χ3n) is 5.61. The van der Waals surface area contributed by atoms with Crippen molar-refractivity contribution in [1.82, 2.24) is 10.6 Å². The number of hydrogen-bond acceptors (Lipinski definition) is 3. The number of primary amides is 1. The fraction of sp³-hybridized carbons (Fsp3) is 0.409. The van der Waals surface area contributed by atoms with E-state index in [4.69, 9.17) is 10.5 Å². The van der Waals surface area contributed by atoms with Gasteiger partial charge in [0, 0.05) is 12.6 Å². The maximum Gasteiger partial charge on any atom is 0.416 e. The van der Waals surface area contributed by atoms with Crippen molar-refractivity contribution in [3.05, 3.63) is 70.8 Å². The molecule has 2 aromatic rings. The third kappa shape index (κ3) is 5.97. The standard InChI is InChI=1S/C22H23F6N3O2/c1-13(14-7-16(21(23,24)25)9-17(8-14)22(26,27)28)33-12-20(15-5-3-2-4-6-15)10-18(11-30-20)31-19(29)32/h2-9,13,18,30H,10-12H2,1H3,(H3,29,31,32)/t13-,18+,20-/m1/s1. The van der Waals surface area contributed by atoms with E-state index in [1.54, 1.807) is 18.2 Å². The molecule has 2 aromatic carbocycles. The molecule has 1 aliphatic heterocycles. The first-order valence-electron chi connectivity index (χ1n) is 10.1. The van der Waals surface area contributed by atoms with E-state index in [1.807, 2.05) is 12.1 Å². The summed E-state index contributed by atoms with van der Waals surface area (Å²) in [6.07, 6.45) is -10.6. The molecule has 180 valence electrons. The predicted molar refractivity (Wildman–Crippen MR) is 108 cm³/mol. The summed E-state index contributed by atoms with van der Waals surface area (Å²) in [5, 5.41) is 5.87. The lowest BCUT2D eigenvalue weighted by atomic mass is 9.88. The van der Waals surface area contributed by atoms with Crippen LogP contribution < -0.4 is 16.4 Å². The van der Waals surface area contributed by atoms with Crippen LogP contribution >= 0.6 is 0 Å². The lowest BCUT2D eigenvalue weighted by Crippen LogP contribution is -2.41. The van der Waals surface area contributed by atoms with E-state index in [0.717, 1.165) is 5.56 Å². The van der Waals surface area contributed by atoms with Gasteiger partial charge in [0.25, 0.3) is 0 Å². The van der Waals surface area contributed by atoms with Crippen LogP contribution in [0.15, 0.2) is 48.5 Å². The number of urea groups is 1. The van der Waals surface area contributed by atoms with Crippen LogP contribution in [0.3, 0.4) is 0 Å². The molecule has 0 spiro atoms. The molecule has 33 heavy (non-hydrogen) atoms. The minimum absolute atomic E-state index is 0.0628. The van der Waals surface area contributed by atoms with Crippen molar-refractivity contribution in [2.45, 2.75) is 43.4 Å². The molecule has 3 rings (SSSR count). The average molecular weight is 475 g/mol. The largest absolute Gasteiger partial charge is 0.416 e. The van der Waals surface area contributed by atoms with Gasteiger partial charge in [-0.15, -0.1) is 0 Å². The molecule has 0 bridgehead atoms. The SMILES string of the molecule is C[C@@H](OC[C@@]1(c2ccccc2)C[C@H](NC(N)=O)CN1)c1cc(C(F)(F)F)cc(C(F)(F)F)c1. The molecule has 11 heteroatoms. The summed E-state index contributed by atoms with van der Waals surface area (Å²) in [5.74, 6) is 0. The summed E-state index contributed by atoms with van der Waals surface area (Å²) in [5.41, 5.74) is 2.14. The smallest absolute Gasteiger partial charge is 0.372 e. The van der Waals surface area contributed by atoms with Crippen molar-refractivity contribution in [1.29, 1.82) is 0 Å². The number of carbonyl (C=O) groups is 1. The second-order valence-corrected chi connectivity index (χ2v) is 8.03. The Morgan fingerprint density at radius 1 is 1.12 bits per heavy atom. The van der Waals surface area contributed by atoms with Crippen molar-refractivity contribution >= 4 is 6.03 Å². The first kappa shape index (κ1) is 24.8. The normalized spacial score (nSPS) is 22.2. The van der Waals surface area contributed by atoms with E-state index in [9.17, 15) is 31.1 Å². The number of benzene rings is 2.